The Bertz CT molecular complexity index is 439. The van der Waals surface area contributed by atoms with E-state index in [9.17, 15) is 0 Å². The molecule has 0 spiro atoms. The van der Waals surface area contributed by atoms with Crippen LogP contribution in [0.15, 0.2) is 35.1 Å². The first-order valence-corrected chi connectivity index (χ1v) is 5.21. The predicted molar refractivity (Wildman–Crippen MR) is 59.1 cm³/mol. The Labute approximate surface area is 88.9 Å². The standard InChI is InChI=1S/C12H14N2O/c1-9-10-4-3-6-14(10)8-12-11(13(9)2)5-7-15-12/h3-7,9H,8H2,1-2H3. The van der Waals surface area contributed by atoms with Gasteiger partial charge in [-0.2, -0.15) is 0 Å². The molecule has 0 saturated carbocycles. The third-order valence-electron chi connectivity index (χ3n) is 3.29. The van der Waals surface area contributed by atoms with Crippen molar-refractivity contribution in [2.75, 3.05) is 11.9 Å². The number of furan rings is 1. The van der Waals surface area contributed by atoms with E-state index in [1.54, 1.807) is 6.26 Å². The maximum Gasteiger partial charge on any atom is 0.146 e. The van der Waals surface area contributed by atoms with Crippen molar-refractivity contribution < 1.29 is 4.42 Å². The van der Waals surface area contributed by atoms with Crippen molar-refractivity contribution in [3.8, 4) is 0 Å². The summed E-state index contributed by atoms with van der Waals surface area (Å²) in [4.78, 5) is 2.26. The molecule has 0 N–H and O–H groups in total. The van der Waals surface area contributed by atoms with E-state index < -0.39 is 0 Å². The van der Waals surface area contributed by atoms with E-state index in [1.807, 2.05) is 6.07 Å². The van der Waals surface area contributed by atoms with E-state index in [2.05, 4.69) is 41.8 Å². The molecular weight excluding hydrogens is 188 g/mol. The quantitative estimate of drug-likeness (QED) is 0.655. The van der Waals surface area contributed by atoms with Crippen LogP contribution >= 0.6 is 0 Å². The van der Waals surface area contributed by atoms with Crippen LogP contribution in [-0.2, 0) is 6.54 Å². The Hall–Kier alpha value is -1.64. The second-order valence-corrected chi connectivity index (χ2v) is 4.08. The summed E-state index contributed by atoms with van der Waals surface area (Å²) in [5.41, 5.74) is 2.54. The molecule has 0 amide bonds. The van der Waals surface area contributed by atoms with Gasteiger partial charge in [0.05, 0.1) is 24.5 Å². The van der Waals surface area contributed by atoms with Gasteiger partial charge >= 0.3 is 0 Å². The van der Waals surface area contributed by atoms with Gasteiger partial charge < -0.3 is 13.9 Å². The summed E-state index contributed by atoms with van der Waals surface area (Å²) in [5.74, 6) is 1.04. The molecule has 2 aromatic heterocycles. The van der Waals surface area contributed by atoms with Gasteiger partial charge in [0.15, 0.2) is 0 Å². The highest BCUT2D eigenvalue weighted by Crippen LogP contribution is 2.33. The fourth-order valence-corrected chi connectivity index (χ4v) is 2.28. The lowest BCUT2D eigenvalue weighted by molar-refractivity contribution is 0.494. The molecule has 3 nitrogen and oxygen atoms in total. The summed E-state index contributed by atoms with van der Waals surface area (Å²) in [6.45, 7) is 3.05. The zero-order valence-corrected chi connectivity index (χ0v) is 8.97. The zero-order valence-electron chi connectivity index (χ0n) is 8.97. The van der Waals surface area contributed by atoms with E-state index in [-0.39, 0.29) is 0 Å². The van der Waals surface area contributed by atoms with Crippen LogP contribution in [0, 0.1) is 0 Å². The molecule has 2 aromatic rings. The first kappa shape index (κ1) is 8.65. The van der Waals surface area contributed by atoms with Gasteiger partial charge in [-0.3, -0.25) is 0 Å². The second-order valence-electron chi connectivity index (χ2n) is 4.08. The molecule has 78 valence electrons. The largest absolute Gasteiger partial charge is 0.465 e. The van der Waals surface area contributed by atoms with E-state index in [1.165, 1.54) is 11.4 Å². The van der Waals surface area contributed by atoms with Crippen molar-refractivity contribution in [2.24, 2.45) is 0 Å². The predicted octanol–water partition coefficient (Wildman–Crippen LogP) is 2.64. The summed E-state index contributed by atoms with van der Waals surface area (Å²) in [5, 5.41) is 0. The minimum Gasteiger partial charge on any atom is -0.465 e. The van der Waals surface area contributed by atoms with Gasteiger partial charge in [0.1, 0.15) is 5.76 Å². The molecule has 3 heteroatoms. The summed E-state index contributed by atoms with van der Waals surface area (Å²) in [6, 6.07) is 6.69. The third kappa shape index (κ3) is 1.12. The van der Waals surface area contributed by atoms with Crippen LogP contribution < -0.4 is 4.90 Å². The average Bonchev–Trinajstić information content (AvgIpc) is 2.83. The molecule has 1 aliphatic rings. The second kappa shape index (κ2) is 2.92. The normalized spacial score (nSPS) is 19.6. The molecule has 3 heterocycles. The Kier molecular flexibility index (Phi) is 1.69. The topological polar surface area (TPSA) is 21.3 Å². The zero-order chi connectivity index (χ0) is 10.4. The van der Waals surface area contributed by atoms with Gasteiger partial charge in [0.2, 0.25) is 0 Å². The van der Waals surface area contributed by atoms with Gasteiger partial charge in [-0.15, -0.1) is 0 Å². The summed E-state index contributed by atoms with van der Waals surface area (Å²) < 4.78 is 7.76. The van der Waals surface area contributed by atoms with Gasteiger partial charge in [-0.25, -0.2) is 0 Å². The number of aromatic nitrogens is 1. The minimum absolute atomic E-state index is 0.388. The van der Waals surface area contributed by atoms with Crippen molar-refractivity contribution in [3.63, 3.8) is 0 Å². The SMILES string of the molecule is CC1c2cccn2Cc2occc2N1C. The highest BCUT2D eigenvalue weighted by atomic mass is 16.3. The molecule has 3 rings (SSSR count). The lowest BCUT2D eigenvalue weighted by Gasteiger charge is -2.24. The van der Waals surface area contributed by atoms with E-state index in [4.69, 9.17) is 4.42 Å². The monoisotopic (exact) mass is 202 g/mol. The van der Waals surface area contributed by atoms with Crippen LogP contribution in [0.1, 0.15) is 24.4 Å². The smallest absolute Gasteiger partial charge is 0.146 e. The minimum atomic E-state index is 0.388. The van der Waals surface area contributed by atoms with E-state index >= 15 is 0 Å². The van der Waals surface area contributed by atoms with Crippen LogP contribution in [0.5, 0.6) is 0 Å². The molecule has 0 bridgehead atoms. The van der Waals surface area contributed by atoms with Gasteiger partial charge in [-0.1, -0.05) is 0 Å². The molecule has 15 heavy (non-hydrogen) atoms. The molecule has 1 aliphatic heterocycles. The highest BCUT2D eigenvalue weighted by molar-refractivity contribution is 5.52. The van der Waals surface area contributed by atoms with Crippen LogP contribution in [0.4, 0.5) is 5.69 Å². The number of rotatable bonds is 0. The summed E-state index contributed by atoms with van der Waals surface area (Å²) in [7, 11) is 2.11. The van der Waals surface area contributed by atoms with Crippen molar-refractivity contribution in [3.05, 3.63) is 42.1 Å². The van der Waals surface area contributed by atoms with Crippen molar-refractivity contribution >= 4 is 5.69 Å². The van der Waals surface area contributed by atoms with Gasteiger partial charge in [0.25, 0.3) is 0 Å². The Balaban J connectivity index is 2.19. The van der Waals surface area contributed by atoms with Gasteiger partial charge in [-0.05, 0) is 19.1 Å². The lowest BCUT2D eigenvalue weighted by Crippen LogP contribution is -2.21. The van der Waals surface area contributed by atoms with Crippen LogP contribution in [0.3, 0.4) is 0 Å². The fraction of sp³-hybridized carbons (Fsp3) is 0.333. The Morgan fingerprint density at radius 3 is 3.13 bits per heavy atom. The number of nitrogens with zero attached hydrogens (tertiary/aromatic N) is 2. The maximum absolute atomic E-state index is 5.52. The molecule has 1 unspecified atom stereocenters. The number of fused-ring (bicyclic) bond motifs is 2. The van der Waals surface area contributed by atoms with Crippen LogP contribution in [0.2, 0.25) is 0 Å². The fourth-order valence-electron chi connectivity index (χ4n) is 2.28. The Morgan fingerprint density at radius 2 is 2.27 bits per heavy atom. The van der Waals surface area contributed by atoms with Crippen LogP contribution in [0.25, 0.3) is 0 Å². The van der Waals surface area contributed by atoms with Crippen LogP contribution in [-0.4, -0.2) is 11.6 Å². The number of anilines is 1. The summed E-state index contributed by atoms with van der Waals surface area (Å²) >= 11 is 0. The van der Waals surface area contributed by atoms with E-state index in [0.29, 0.717) is 6.04 Å². The van der Waals surface area contributed by atoms with E-state index in [0.717, 1.165) is 12.3 Å². The summed E-state index contributed by atoms with van der Waals surface area (Å²) in [6.07, 6.45) is 3.87. The molecule has 0 fully saturated rings. The third-order valence-corrected chi connectivity index (χ3v) is 3.29. The molecule has 0 aliphatic carbocycles. The highest BCUT2D eigenvalue weighted by Gasteiger charge is 2.23. The first-order chi connectivity index (χ1) is 7.27. The van der Waals surface area contributed by atoms with Gasteiger partial charge in [0, 0.05) is 25.0 Å². The maximum atomic E-state index is 5.52. The molecule has 0 saturated heterocycles. The van der Waals surface area contributed by atoms with Crippen molar-refractivity contribution in [2.45, 2.75) is 19.5 Å². The molecular formula is C12H14N2O. The first-order valence-electron chi connectivity index (χ1n) is 5.21. The number of hydrogen-bond acceptors (Lipinski definition) is 2. The van der Waals surface area contributed by atoms with Crippen molar-refractivity contribution in [1.29, 1.82) is 0 Å². The molecule has 0 radical (unpaired) electrons. The lowest BCUT2D eigenvalue weighted by atomic mass is 10.2. The Morgan fingerprint density at radius 1 is 1.40 bits per heavy atom. The van der Waals surface area contributed by atoms with Crippen molar-refractivity contribution in [1.82, 2.24) is 4.57 Å². The molecule has 1 atom stereocenters. The number of hydrogen-bond donors (Lipinski definition) is 0. The molecule has 0 aromatic carbocycles. The average molecular weight is 202 g/mol.